The van der Waals surface area contributed by atoms with Crippen LogP contribution in [0.4, 0.5) is 0 Å². The van der Waals surface area contributed by atoms with Crippen LogP contribution in [0, 0.1) is 5.41 Å². The minimum absolute atomic E-state index is 0.00582. The molecule has 0 heterocycles. The molecule has 2 N–H and O–H groups in total. The zero-order valence-electron chi connectivity index (χ0n) is 13.1. The lowest BCUT2D eigenvalue weighted by Gasteiger charge is -2.39. The van der Waals surface area contributed by atoms with E-state index < -0.39 is 0 Å². The predicted octanol–water partition coefficient (Wildman–Crippen LogP) is 3.04. The van der Waals surface area contributed by atoms with Crippen molar-refractivity contribution in [3.8, 4) is 0 Å². The number of aryl methyl sites for hydroxylation is 1. The van der Waals surface area contributed by atoms with Crippen molar-refractivity contribution in [1.29, 1.82) is 0 Å². The first-order valence-electron chi connectivity index (χ1n) is 8.14. The van der Waals surface area contributed by atoms with Crippen LogP contribution in [0.2, 0.25) is 0 Å². The predicted molar refractivity (Wildman–Crippen MR) is 84.8 cm³/mol. The fraction of sp³-hybridized carbons (Fsp3) is 0.611. The number of fused-ring (bicyclic) bond motifs is 1. The van der Waals surface area contributed by atoms with E-state index in [-0.39, 0.29) is 23.4 Å². The Kier molecular flexibility index (Phi) is 3.78. The first-order valence-corrected chi connectivity index (χ1v) is 8.14. The zero-order valence-corrected chi connectivity index (χ0v) is 13.1. The summed E-state index contributed by atoms with van der Waals surface area (Å²) in [6.45, 7) is 2.05. The van der Waals surface area contributed by atoms with E-state index in [2.05, 4.69) is 31.2 Å². The van der Waals surface area contributed by atoms with Gasteiger partial charge in [0.05, 0.1) is 11.5 Å². The standard InChI is InChI=1S/C18H26N2O/c1-18(12-6-11-16(18)19)17(21)20(2)15-10-5-8-13-7-3-4-9-14(13)15/h3-4,7,9,15-16H,5-6,8,10-12,19H2,1-2H3. The zero-order chi connectivity index (χ0) is 15.0. The molecule has 21 heavy (non-hydrogen) atoms. The summed E-state index contributed by atoms with van der Waals surface area (Å²) in [5.41, 5.74) is 8.58. The van der Waals surface area contributed by atoms with E-state index in [0.717, 1.165) is 38.5 Å². The molecule has 3 rings (SSSR count). The maximum atomic E-state index is 13.0. The second-order valence-corrected chi connectivity index (χ2v) is 6.94. The fourth-order valence-corrected chi connectivity index (χ4v) is 4.13. The van der Waals surface area contributed by atoms with E-state index >= 15 is 0 Å². The molecular formula is C18H26N2O. The third kappa shape index (κ3) is 2.38. The van der Waals surface area contributed by atoms with Gasteiger partial charge in [0, 0.05) is 13.1 Å². The number of amides is 1. The van der Waals surface area contributed by atoms with Gasteiger partial charge >= 0.3 is 0 Å². The van der Waals surface area contributed by atoms with Crippen molar-refractivity contribution in [2.75, 3.05) is 7.05 Å². The van der Waals surface area contributed by atoms with Crippen LogP contribution in [0.25, 0.3) is 0 Å². The summed E-state index contributed by atoms with van der Waals surface area (Å²) < 4.78 is 0. The topological polar surface area (TPSA) is 46.3 Å². The highest BCUT2D eigenvalue weighted by Gasteiger charge is 2.45. The average molecular weight is 286 g/mol. The Labute approximate surface area is 127 Å². The molecule has 1 fully saturated rings. The molecule has 0 aromatic heterocycles. The van der Waals surface area contributed by atoms with Crippen molar-refractivity contribution in [3.05, 3.63) is 35.4 Å². The highest BCUT2D eigenvalue weighted by Crippen LogP contribution is 2.41. The first kappa shape index (κ1) is 14.6. The third-order valence-corrected chi connectivity index (χ3v) is 5.64. The highest BCUT2D eigenvalue weighted by molar-refractivity contribution is 5.83. The quantitative estimate of drug-likeness (QED) is 0.908. The van der Waals surface area contributed by atoms with E-state index in [9.17, 15) is 4.79 Å². The molecule has 0 saturated heterocycles. The van der Waals surface area contributed by atoms with Gasteiger partial charge in [0.25, 0.3) is 0 Å². The van der Waals surface area contributed by atoms with Crippen molar-refractivity contribution < 1.29 is 4.79 Å². The minimum Gasteiger partial charge on any atom is -0.338 e. The lowest BCUT2D eigenvalue weighted by Crippen LogP contribution is -2.49. The largest absolute Gasteiger partial charge is 0.338 e. The molecule has 1 amide bonds. The number of carbonyl (C=O) groups excluding carboxylic acids is 1. The number of carbonyl (C=O) groups is 1. The van der Waals surface area contributed by atoms with E-state index in [1.807, 2.05) is 11.9 Å². The minimum atomic E-state index is -0.374. The summed E-state index contributed by atoms with van der Waals surface area (Å²) in [5, 5.41) is 0. The van der Waals surface area contributed by atoms with Crippen LogP contribution in [0.15, 0.2) is 24.3 Å². The molecule has 0 spiro atoms. The van der Waals surface area contributed by atoms with Crippen LogP contribution in [-0.4, -0.2) is 23.9 Å². The summed E-state index contributed by atoms with van der Waals surface area (Å²) >= 11 is 0. The molecule has 1 saturated carbocycles. The third-order valence-electron chi connectivity index (χ3n) is 5.64. The SMILES string of the molecule is CN(C(=O)C1(C)CCCC1N)C1CCCc2ccccc21. The molecular weight excluding hydrogens is 260 g/mol. The molecule has 3 unspecified atom stereocenters. The Balaban J connectivity index is 1.86. The van der Waals surface area contributed by atoms with Crippen LogP contribution in [-0.2, 0) is 11.2 Å². The molecule has 3 atom stereocenters. The Morgan fingerprint density at radius 2 is 2.05 bits per heavy atom. The Morgan fingerprint density at radius 3 is 2.76 bits per heavy atom. The second kappa shape index (κ2) is 5.45. The van der Waals surface area contributed by atoms with Gasteiger partial charge in [-0.3, -0.25) is 4.79 Å². The van der Waals surface area contributed by atoms with E-state index in [1.165, 1.54) is 11.1 Å². The van der Waals surface area contributed by atoms with Crippen LogP contribution in [0.1, 0.15) is 56.2 Å². The number of rotatable bonds is 2. The maximum Gasteiger partial charge on any atom is 0.230 e. The van der Waals surface area contributed by atoms with Gasteiger partial charge in [-0.2, -0.15) is 0 Å². The molecule has 3 nitrogen and oxygen atoms in total. The summed E-state index contributed by atoms with van der Waals surface area (Å²) in [4.78, 5) is 15.0. The van der Waals surface area contributed by atoms with Crippen molar-refractivity contribution >= 4 is 5.91 Å². The summed E-state index contributed by atoms with van der Waals surface area (Å²) in [6, 6.07) is 8.77. The van der Waals surface area contributed by atoms with Gasteiger partial charge in [-0.15, -0.1) is 0 Å². The monoisotopic (exact) mass is 286 g/mol. The van der Waals surface area contributed by atoms with Gasteiger partial charge < -0.3 is 10.6 Å². The lowest BCUT2D eigenvalue weighted by atomic mass is 9.81. The fourth-order valence-electron chi connectivity index (χ4n) is 4.13. The molecule has 0 bridgehead atoms. The molecule has 2 aliphatic rings. The highest BCUT2D eigenvalue weighted by atomic mass is 16.2. The smallest absolute Gasteiger partial charge is 0.230 e. The number of hydrogen-bond donors (Lipinski definition) is 1. The number of nitrogens with two attached hydrogens (primary N) is 1. The molecule has 1 aromatic carbocycles. The van der Waals surface area contributed by atoms with Gasteiger partial charge in [-0.05, 0) is 50.2 Å². The lowest BCUT2D eigenvalue weighted by molar-refractivity contribution is -0.143. The molecule has 114 valence electrons. The summed E-state index contributed by atoms with van der Waals surface area (Å²) in [6.07, 6.45) is 6.31. The van der Waals surface area contributed by atoms with Crippen molar-refractivity contribution in [2.24, 2.45) is 11.1 Å². The van der Waals surface area contributed by atoms with Crippen molar-refractivity contribution in [2.45, 2.75) is 57.5 Å². The van der Waals surface area contributed by atoms with E-state index in [4.69, 9.17) is 5.73 Å². The number of nitrogens with zero attached hydrogens (tertiary/aromatic N) is 1. The Hall–Kier alpha value is -1.35. The molecule has 0 radical (unpaired) electrons. The van der Waals surface area contributed by atoms with E-state index in [0.29, 0.717) is 0 Å². The second-order valence-electron chi connectivity index (χ2n) is 6.94. The number of benzene rings is 1. The number of hydrogen-bond acceptors (Lipinski definition) is 2. The molecule has 2 aliphatic carbocycles. The Bertz CT molecular complexity index is 542. The van der Waals surface area contributed by atoms with Crippen LogP contribution in [0.5, 0.6) is 0 Å². The summed E-state index contributed by atoms with van der Waals surface area (Å²) in [7, 11) is 1.96. The Morgan fingerprint density at radius 1 is 1.29 bits per heavy atom. The van der Waals surface area contributed by atoms with Gasteiger partial charge in [0.2, 0.25) is 5.91 Å². The molecule has 0 aliphatic heterocycles. The van der Waals surface area contributed by atoms with Gasteiger partial charge in [-0.25, -0.2) is 0 Å². The molecule has 1 aromatic rings. The first-order chi connectivity index (χ1) is 10.0. The molecule has 3 heteroatoms. The maximum absolute atomic E-state index is 13.0. The van der Waals surface area contributed by atoms with Gasteiger partial charge in [0.1, 0.15) is 0 Å². The van der Waals surface area contributed by atoms with Crippen LogP contribution >= 0.6 is 0 Å². The van der Waals surface area contributed by atoms with Crippen LogP contribution in [0.3, 0.4) is 0 Å². The summed E-state index contributed by atoms with van der Waals surface area (Å²) in [5.74, 6) is 0.231. The van der Waals surface area contributed by atoms with Gasteiger partial charge in [-0.1, -0.05) is 30.7 Å². The normalized spacial score (nSPS) is 31.8. The van der Waals surface area contributed by atoms with Crippen LogP contribution < -0.4 is 5.73 Å². The van der Waals surface area contributed by atoms with Crippen molar-refractivity contribution in [1.82, 2.24) is 4.90 Å². The average Bonchev–Trinajstić information content (AvgIpc) is 2.86. The van der Waals surface area contributed by atoms with E-state index in [1.54, 1.807) is 0 Å². The van der Waals surface area contributed by atoms with Gasteiger partial charge in [0.15, 0.2) is 0 Å². The van der Waals surface area contributed by atoms with Crippen molar-refractivity contribution in [3.63, 3.8) is 0 Å².